The van der Waals surface area contributed by atoms with E-state index < -0.39 is 6.43 Å². The molecule has 4 heterocycles. The van der Waals surface area contributed by atoms with E-state index in [1.807, 2.05) is 6.07 Å². The van der Waals surface area contributed by atoms with Crippen molar-refractivity contribution in [2.75, 3.05) is 5.32 Å². The highest BCUT2D eigenvalue weighted by atomic mass is 19.3. The first-order valence-corrected chi connectivity index (χ1v) is 9.85. The Hall–Kier alpha value is -3.68. The zero-order chi connectivity index (χ0) is 22.1. The van der Waals surface area contributed by atoms with Gasteiger partial charge >= 0.3 is 0 Å². The van der Waals surface area contributed by atoms with Crippen molar-refractivity contribution in [1.82, 2.24) is 19.9 Å². The molecular weight excluding hydrogens is 400 g/mol. The van der Waals surface area contributed by atoms with Gasteiger partial charge in [-0.15, -0.1) is 0 Å². The molecule has 0 unspecified atom stereocenters. The lowest BCUT2D eigenvalue weighted by molar-refractivity contribution is -0.114. The van der Waals surface area contributed by atoms with Gasteiger partial charge in [-0.25, -0.2) is 18.7 Å². The van der Waals surface area contributed by atoms with E-state index in [0.717, 1.165) is 16.6 Å². The Bertz CT molecular complexity index is 1270. The number of aromatic amines is 1. The van der Waals surface area contributed by atoms with Crippen LogP contribution < -0.4 is 5.32 Å². The first-order valence-electron chi connectivity index (χ1n) is 9.85. The molecule has 0 saturated heterocycles. The molecule has 0 aliphatic heterocycles. The maximum Gasteiger partial charge on any atom is 0.280 e. The van der Waals surface area contributed by atoms with Crippen molar-refractivity contribution in [1.29, 1.82) is 0 Å². The van der Waals surface area contributed by atoms with Crippen molar-refractivity contribution in [3.05, 3.63) is 60.0 Å². The van der Waals surface area contributed by atoms with Crippen LogP contribution in [0, 0.1) is 0 Å². The molecule has 31 heavy (non-hydrogen) atoms. The monoisotopic (exact) mass is 421 g/mol. The minimum absolute atomic E-state index is 0.220. The maximum absolute atomic E-state index is 13.3. The summed E-state index contributed by atoms with van der Waals surface area (Å²) in [7, 11) is 0. The van der Waals surface area contributed by atoms with Crippen molar-refractivity contribution in [3.63, 3.8) is 0 Å². The molecule has 0 fully saturated rings. The number of alkyl halides is 2. The Morgan fingerprint density at radius 1 is 1.10 bits per heavy atom. The summed E-state index contributed by atoms with van der Waals surface area (Å²) in [6.45, 7) is 5.55. The number of carbonyl (C=O) groups is 1. The topological polar surface area (TPSA) is 83.6 Å². The molecule has 4 aromatic rings. The Labute approximate surface area is 177 Å². The van der Waals surface area contributed by atoms with Crippen LogP contribution in [0.4, 0.5) is 14.6 Å². The molecule has 6 nitrogen and oxygen atoms in total. The van der Waals surface area contributed by atoms with Gasteiger partial charge in [0.2, 0.25) is 5.91 Å². The lowest BCUT2D eigenvalue weighted by Gasteiger charge is -2.08. The predicted molar refractivity (Wildman–Crippen MR) is 116 cm³/mol. The predicted octanol–water partition coefficient (Wildman–Crippen LogP) is 5.71. The highest BCUT2D eigenvalue weighted by Crippen LogP contribution is 2.39. The third-order valence-electron chi connectivity index (χ3n) is 4.95. The number of nitrogens with one attached hydrogen (secondary N) is 2. The first-order chi connectivity index (χ1) is 14.8. The van der Waals surface area contributed by atoms with E-state index in [4.69, 9.17) is 0 Å². The Morgan fingerprint density at radius 3 is 2.58 bits per heavy atom. The molecule has 0 bridgehead atoms. The van der Waals surface area contributed by atoms with Gasteiger partial charge in [0.1, 0.15) is 11.5 Å². The van der Waals surface area contributed by atoms with Crippen LogP contribution in [0.5, 0.6) is 0 Å². The number of carbonyl (C=O) groups excluding carboxylic acids is 1. The molecule has 0 spiro atoms. The van der Waals surface area contributed by atoms with Gasteiger partial charge in [0, 0.05) is 24.9 Å². The molecule has 0 aliphatic rings. The fraction of sp³-hybridized carbons (Fsp3) is 0.217. The molecule has 0 aromatic carbocycles. The van der Waals surface area contributed by atoms with E-state index in [-0.39, 0.29) is 17.5 Å². The number of halogens is 2. The van der Waals surface area contributed by atoms with Gasteiger partial charge in [0.05, 0.1) is 28.0 Å². The Morgan fingerprint density at radius 2 is 1.87 bits per heavy atom. The number of amides is 1. The largest absolute Gasteiger partial charge is 0.352 e. The number of nitrogens with zero attached hydrogens (tertiary/aromatic N) is 3. The van der Waals surface area contributed by atoms with Crippen LogP contribution in [0.3, 0.4) is 0 Å². The van der Waals surface area contributed by atoms with Crippen molar-refractivity contribution < 1.29 is 13.6 Å². The fourth-order valence-corrected chi connectivity index (χ4v) is 3.60. The number of pyridine rings is 3. The number of rotatable bonds is 5. The maximum atomic E-state index is 13.3. The fourth-order valence-electron chi connectivity index (χ4n) is 3.60. The van der Waals surface area contributed by atoms with Crippen LogP contribution in [-0.4, -0.2) is 25.8 Å². The summed E-state index contributed by atoms with van der Waals surface area (Å²) in [6, 6.07) is 10.0. The summed E-state index contributed by atoms with van der Waals surface area (Å²) < 4.78 is 26.7. The van der Waals surface area contributed by atoms with E-state index in [9.17, 15) is 13.6 Å². The molecule has 158 valence electrons. The summed E-state index contributed by atoms with van der Waals surface area (Å²) in [4.78, 5) is 27.8. The van der Waals surface area contributed by atoms with Crippen molar-refractivity contribution in [3.8, 4) is 22.5 Å². The molecule has 0 atom stereocenters. The standard InChI is InChI=1S/C23H21F2N5O/c1-12(2)15-8-10-27-22-19(16-5-4-6-17(29-16)23(24)25)20(30-21(15)22)14-7-9-26-18(11-14)28-13(3)31/h4-12,23,30H,1-3H3,(H,26,28,31). The second-order valence-electron chi connectivity index (χ2n) is 7.51. The van der Waals surface area contributed by atoms with Gasteiger partial charge in [-0.2, -0.15) is 0 Å². The minimum atomic E-state index is -2.68. The molecule has 4 rings (SSSR count). The average Bonchev–Trinajstić information content (AvgIpc) is 3.13. The van der Waals surface area contributed by atoms with E-state index in [1.165, 1.54) is 13.0 Å². The zero-order valence-electron chi connectivity index (χ0n) is 17.3. The van der Waals surface area contributed by atoms with E-state index in [2.05, 4.69) is 39.1 Å². The smallest absolute Gasteiger partial charge is 0.280 e. The van der Waals surface area contributed by atoms with Crippen LogP contribution in [0.2, 0.25) is 0 Å². The van der Waals surface area contributed by atoms with Gasteiger partial charge in [-0.05, 0) is 41.8 Å². The Balaban J connectivity index is 2.01. The minimum Gasteiger partial charge on any atom is -0.352 e. The molecule has 8 heteroatoms. The molecule has 0 aliphatic carbocycles. The summed E-state index contributed by atoms with van der Waals surface area (Å²) >= 11 is 0. The van der Waals surface area contributed by atoms with E-state index in [1.54, 1.807) is 36.7 Å². The number of aromatic nitrogens is 4. The molecule has 1 amide bonds. The van der Waals surface area contributed by atoms with Crippen LogP contribution in [0.1, 0.15) is 44.4 Å². The summed E-state index contributed by atoms with van der Waals surface area (Å²) in [5.41, 5.74) is 4.65. The van der Waals surface area contributed by atoms with Crippen molar-refractivity contribution in [2.45, 2.75) is 33.1 Å². The first kappa shape index (κ1) is 20.6. The third kappa shape index (κ3) is 4.01. The molecule has 0 saturated carbocycles. The number of hydrogen-bond acceptors (Lipinski definition) is 4. The zero-order valence-corrected chi connectivity index (χ0v) is 17.3. The lowest BCUT2D eigenvalue weighted by Crippen LogP contribution is -2.07. The number of H-pyrrole nitrogens is 1. The quantitative estimate of drug-likeness (QED) is 0.433. The number of fused-ring (bicyclic) bond motifs is 1. The van der Waals surface area contributed by atoms with Crippen molar-refractivity contribution >= 4 is 22.8 Å². The molecule has 4 aromatic heterocycles. The SMILES string of the molecule is CC(=O)Nc1cc(-c2[nH]c3c(C(C)C)ccnc3c2-c2cccc(C(F)F)n2)ccn1. The molecule has 0 radical (unpaired) electrons. The highest BCUT2D eigenvalue weighted by molar-refractivity contribution is 6.02. The van der Waals surface area contributed by atoms with Crippen molar-refractivity contribution in [2.24, 2.45) is 0 Å². The van der Waals surface area contributed by atoms with Gasteiger partial charge < -0.3 is 10.3 Å². The molecule has 2 N–H and O–H groups in total. The van der Waals surface area contributed by atoms with Crippen LogP contribution in [-0.2, 0) is 4.79 Å². The Kier molecular flexibility index (Phi) is 5.46. The van der Waals surface area contributed by atoms with Gasteiger partial charge in [0.25, 0.3) is 6.43 Å². The second-order valence-corrected chi connectivity index (χ2v) is 7.51. The van der Waals surface area contributed by atoms with Crippen LogP contribution in [0.25, 0.3) is 33.5 Å². The second kappa shape index (κ2) is 8.22. The van der Waals surface area contributed by atoms with Crippen LogP contribution in [0.15, 0.2) is 48.8 Å². The average molecular weight is 421 g/mol. The summed E-state index contributed by atoms with van der Waals surface area (Å²) in [6.07, 6.45) is 0.612. The van der Waals surface area contributed by atoms with Gasteiger partial charge in [0.15, 0.2) is 0 Å². The van der Waals surface area contributed by atoms with Gasteiger partial charge in [-0.1, -0.05) is 19.9 Å². The molecular formula is C23H21F2N5O. The third-order valence-corrected chi connectivity index (χ3v) is 4.95. The van der Waals surface area contributed by atoms with Gasteiger partial charge in [-0.3, -0.25) is 9.78 Å². The highest BCUT2D eigenvalue weighted by Gasteiger charge is 2.21. The van der Waals surface area contributed by atoms with E-state index in [0.29, 0.717) is 28.3 Å². The summed E-state index contributed by atoms with van der Waals surface area (Å²) in [5.74, 6) is 0.370. The number of hydrogen-bond donors (Lipinski definition) is 2. The lowest BCUT2D eigenvalue weighted by atomic mass is 10.0. The summed E-state index contributed by atoms with van der Waals surface area (Å²) in [5, 5.41) is 2.67. The van der Waals surface area contributed by atoms with E-state index >= 15 is 0 Å². The number of anilines is 1. The normalized spacial score (nSPS) is 11.5. The van der Waals surface area contributed by atoms with Crippen LogP contribution >= 0.6 is 0 Å².